The number of esters is 2. The second kappa shape index (κ2) is 7.46. The maximum atomic E-state index is 12.5. The summed E-state index contributed by atoms with van der Waals surface area (Å²) in [4.78, 5) is 36.6. The molecule has 1 fully saturated rings. The first-order valence-corrected chi connectivity index (χ1v) is 8.93. The van der Waals surface area contributed by atoms with E-state index < -0.39 is 23.8 Å². The molecule has 0 aromatic heterocycles. The molecule has 2 heterocycles. The van der Waals surface area contributed by atoms with Crippen molar-refractivity contribution in [2.45, 2.75) is 12.8 Å². The van der Waals surface area contributed by atoms with Crippen LogP contribution in [0.2, 0.25) is 0 Å². The lowest BCUT2D eigenvalue weighted by molar-refractivity contribution is -0.141. The lowest BCUT2D eigenvalue weighted by atomic mass is 9.79. The summed E-state index contributed by atoms with van der Waals surface area (Å²) in [6, 6.07) is 10.1. The summed E-state index contributed by atoms with van der Waals surface area (Å²) in [5, 5.41) is 0. The number of carbonyl (C=O) groups excluding carboxylic acids is 3. The number of rotatable bonds is 5. The van der Waals surface area contributed by atoms with Gasteiger partial charge in [0.05, 0.1) is 7.11 Å². The van der Waals surface area contributed by atoms with Gasteiger partial charge in [-0.1, -0.05) is 12.1 Å². The zero-order valence-corrected chi connectivity index (χ0v) is 15.8. The smallest absolute Gasteiger partial charge is 0.318 e. The fourth-order valence-corrected chi connectivity index (χ4v) is 3.56. The van der Waals surface area contributed by atoms with Crippen molar-refractivity contribution in [1.29, 1.82) is 0 Å². The highest BCUT2D eigenvalue weighted by Gasteiger charge is 2.44. The third kappa shape index (κ3) is 3.49. The number of ketones is 1. The lowest BCUT2D eigenvalue weighted by Crippen LogP contribution is -2.25. The molecule has 0 unspecified atom stereocenters. The summed E-state index contributed by atoms with van der Waals surface area (Å²) in [6.07, 6.45) is 0. The molecule has 2 aliphatic heterocycles. The predicted molar refractivity (Wildman–Crippen MR) is 98.2 cm³/mol. The molecule has 8 nitrogen and oxygen atoms in total. The van der Waals surface area contributed by atoms with E-state index in [4.69, 9.17) is 23.7 Å². The Kier molecular flexibility index (Phi) is 4.84. The zero-order chi connectivity index (χ0) is 20.5. The van der Waals surface area contributed by atoms with Crippen molar-refractivity contribution in [2.75, 3.05) is 20.5 Å². The van der Waals surface area contributed by atoms with Gasteiger partial charge in [-0.15, -0.1) is 0 Å². The molecule has 0 spiro atoms. The van der Waals surface area contributed by atoms with E-state index >= 15 is 0 Å². The molecule has 8 heteroatoms. The van der Waals surface area contributed by atoms with Crippen LogP contribution in [0.3, 0.4) is 0 Å². The first kappa shape index (κ1) is 18.8. The molecule has 2 atom stereocenters. The van der Waals surface area contributed by atoms with Crippen molar-refractivity contribution in [3.8, 4) is 23.0 Å². The maximum absolute atomic E-state index is 12.5. The van der Waals surface area contributed by atoms with Crippen molar-refractivity contribution < 1.29 is 38.1 Å². The number of hydrogen-bond donors (Lipinski definition) is 0. The molecule has 0 radical (unpaired) electrons. The second-order valence-electron chi connectivity index (χ2n) is 6.64. The Hall–Kier alpha value is -3.55. The normalized spacial score (nSPS) is 18.3. The monoisotopic (exact) mass is 398 g/mol. The van der Waals surface area contributed by atoms with Gasteiger partial charge < -0.3 is 23.7 Å². The first-order chi connectivity index (χ1) is 14.0. The van der Waals surface area contributed by atoms with Gasteiger partial charge in [0.15, 0.2) is 23.9 Å². The summed E-state index contributed by atoms with van der Waals surface area (Å²) in [7, 11) is 1.54. The van der Waals surface area contributed by atoms with Crippen LogP contribution in [0.1, 0.15) is 24.0 Å². The molecule has 150 valence electrons. The molecule has 0 aliphatic carbocycles. The Morgan fingerprint density at radius 1 is 1.07 bits per heavy atom. The Morgan fingerprint density at radius 2 is 1.76 bits per heavy atom. The third-order valence-corrected chi connectivity index (χ3v) is 4.86. The SMILES string of the molecule is COc1ccc([C@H](c2cc3c(cc2OC(C)=O)OCO3)[C@@H]2C(=O)COC2=O)cc1. The van der Waals surface area contributed by atoms with Gasteiger partial charge in [0.25, 0.3) is 0 Å². The maximum Gasteiger partial charge on any atom is 0.318 e. The Labute approximate surface area is 166 Å². The number of benzene rings is 2. The predicted octanol–water partition coefficient (Wildman–Crippen LogP) is 2.22. The van der Waals surface area contributed by atoms with Crippen LogP contribution < -0.4 is 18.9 Å². The van der Waals surface area contributed by atoms with Gasteiger partial charge in [0.2, 0.25) is 6.79 Å². The quantitative estimate of drug-likeness (QED) is 0.430. The van der Waals surface area contributed by atoms with Crippen LogP contribution in [0, 0.1) is 5.92 Å². The second-order valence-corrected chi connectivity index (χ2v) is 6.64. The molecule has 2 aliphatic rings. The molecule has 2 aromatic carbocycles. The average Bonchev–Trinajstić information content (AvgIpc) is 3.29. The molecule has 0 saturated carbocycles. The number of hydrogen-bond acceptors (Lipinski definition) is 8. The summed E-state index contributed by atoms with van der Waals surface area (Å²) in [6.45, 7) is 1.01. The summed E-state index contributed by atoms with van der Waals surface area (Å²) < 4.78 is 26.4. The minimum Gasteiger partial charge on any atom is -0.497 e. The van der Waals surface area contributed by atoms with Gasteiger partial charge in [-0.25, -0.2) is 0 Å². The zero-order valence-electron chi connectivity index (χ0n) is 15.8. The van der Waals surface area contributed by atoms with Crippen molar-refractivity contribution in [1.82, 2.24) is 0 Å². The largest absolute Gasteiger partial charge is 0.497 e. The fraction of sp³-hybridized carbons (Fsp3) is 0.286. The van der Waals surface area contributed by atoms with Crippen LogP contribution in [-0.2, 0) is 19.1 Å². The van der Waals surface area contributed by atoms with Crippen LogP contribution in [0.5, 0.6) is 23.0 Å². The van der Waals surface area contributed by atoms with Crippen LogP contribution in [0.25, 0.3) is 0 Å². The molecule has 0 bridgehead atoms. The summed E-state index contributed by atoms with van der Waals surface area (Å²) in [5.74, 6) is -1.66. The third-order valence-electron chi connectivity index (χ3n) is 4.86. The molecule has 0 N–H and O–H groups in total. The van der Waals surface area contributed by atoms with E-state index in [1.54, 1.807) is 37.4 Å². The molecule has 0 amide bonds. The van der Waals surface area contributed by atoms with E-state index in [1.807, 2.05) is 0 Å². The topological polar surface area (TPSA) is 97.4 Å². The van der Waals surface area contributed by atoms with Crippen LogP contribution in [0.15, 0.2) is 36.4 Å². The van der Waals surface area contributed by atoms with E-state index in [9.17, 15) is 14.4 Å². The van der Waals surface area contributed by atoms with Gasteiger partial charge in [-0.2, -0.15) is 0 Å². The van der Waals surface area contributed by atoms with Crippen molar-refractivity contribution in [2.24, 2.45) is 5.92 Å². The van der Waals surface area contributed by atoms with E-state index in [0.29, 0.717) is 28.4 Å². The van der Waals surface area contributed by atoms with E-state index in [0.717, 1.165) is 0 Å². The van der Waals surface area contributed by atoms with Crippen LogP contribution in [0.4, 0.5) is 0 Å². The number of Topliss-reactive ketones (excluding diaryl/α,β-unsaturated/α-hetero) is 1. The number of ether oxygens (including phenoxy) is 5. The minimum atomic E-state index is -1.07. The Morgan fingerprint density at radius 3 is 2.34 bits per heavy atom. The molecule has 2 aromatic rings. The van der Waals surface area contributed by atoms with Gasteiger partial charge >= 0.3 is 11.9 Å². The van der Waals surface area contributed by atoms with Crippen LogP contribution in [-0.4, -0.2) is 38.2 Å². The molecule has 29 heavy (non-hydrogen) atoms. The number of methoxy groups -OCH3 is 1. The van der Waals surface area contributed by atoms with E-state index in [-0.39, 0.29) is 24.9 Å². The minimum absolute atomic E-state index is 0.0237. The molecular weight excluding hydrogens is 380 g/mol. The van der Waals surface area contributed by atoms with Crippen molar-refractivity contribution >= 4 is 17.7 Å². The summed E-state index contributed by atoms with van der Waals surface area (Å²) >= 11 is 0. The van der Waals surface area contributed by atoms with Crippen LogP contribution >= 0.6 is 0 Å². The first-order valence-electron chi connectivity index (χ1n) is 8.93. The van der Waals surface area contributed by atoms with Crippen molar-refractivity contribution in [3.63, 3.8) is 0 Å². The van der Waals surface area contributed by atoms with Crippen molar-refractivity contribution in [3.05, 3.63) is 47.5 Å². The standard InChI is InChI=1S/C21H18O8/c1-11(22)29-16-8-18-17(27-10-28-18)7-14(16)19(20-15(23)9-26-21(20)24)12-3-5-13(25-2)6-4-12/h3-8,19-20H,9-10H2,1-2H3/t19-,20+/m1/s1. The number of carbonyl (C=O) groups is 3. The van der Waals surface area contributed by atoms with E-state index in [2.05, 4.69) is 0 Å². The number of fused-ring (bicyclic) bond motifs is 1. The fourth-order valence-electron chi connectivity index (χ4n) is 3.56. The molecular formula is C21H18O8. The Balaban J connectivity index is 1.89. The highest BCUT2D eigenvalue weighted by Crippen LogP contribution is 2.46. The van der Waals surface area contributed by atoms with Gasteiger partial charge in [0.1, 0.15) is 17.4 Å². The molecule has 4 rings (SSSR count). The van der Waals surface area contributed by atoms with Gasteiger partial charge in [-0.3, -0.25) is 14.4 Å². The highest BCUT2D eigenvalue weighted by atomic mass is 16.7. The summed E-state index contributed by atoms with van der Waals surface area (Å²) in [5.41, 5.74) is 1.11. The Bertz CT molecular complexity index is 963. The lowest BCUT2D eigenvalue weighted by Gasteiger charge is -2.23. The average molecular weight is 398 g/mol. The van der Waals surface area contributed by atoms with Gasteiger partial charge in [0, 0.05) is 24.5 Å². The van der Waals surface area contributed by atoms with Gasteiger partial charge in [-0.05, 0) is 23.8 Å². The highest BCUT2D eigenvalue weighted by molar-refractivity contribution is 6.06. The van der Waals surface area contributed by atoms with E-state index in [1.165, 1.54) is 13.0 Å². The molecule has 1 saturated heterocycles. The number of cyclic esters (lactones) is 1.